The summed E-state index contributed by atoms with van der Waals surface area (Å²) in [6, 6.07) is 10.2. The maximum absolute atomic E-state index is 3.81. The van der Waals surface area contributed by atoms with Crippen molar-refractivity contribution in [2.45, 2.75) is 6.92 Å². The maximum atomic E-state index is 3.81. The lowest BCUT2D eigenvalue weighted by molar-refractivity contribution is 1.10. The van der Waals surface area contributed by atoms with E-state index in [9.17, 15) is 0 Å². The van der Waals surface area contributed by atoms with Crippen molar-refractivity contribution in [3.05, 3.63) is 116 Å². The van der Waals surface area contributed by atoms with Gasteiger partial charge in [0.25, 0.3) is 0 Å². The lowest BCUT2D eigenvalue weighted by atomic mass is 10.2. The first-order chi connectivity index (χ1) is 10.7. The molecule has 0 saturated carbocycles. The van der Waals surface area contributed by atoms with E-state index >= 15 is 0 Å². The third-order valence-electron chi connectivity index (χ3n) is 2.90. The summed E-state index contributed by atoms with van der Waals surface area (Å²) >= 11 is 0. The fraction of sp³-hybridized carbons (Fsp3) is 0.0476. The van der Waals surface area contributed by atoms with Gasteiger partial charge in [-0.2, -0.15) is 0 Å². The molecule has 0 unspecified atom stereocenters. The SMILES string of the molecule is C=C/C=C\C=C(/C)N(C(/C=C\C=C)=C/C=C)c1ccccc1. The van der Waals surface area contributed by atoms with Gasteiger partial charge in [-0.25, -0.2) is 0 Å². The van der Waals surface area contributed by atoms with Crippen LogP contribution in [0.4, 0.5) is 5.69 Å². The highest BCUT2D eigenvalue weighted by atomic mass is 15.1. The number of hydrogen-bond acceptors (Lipinski definition) is 1. The lowest BCUT2D eigenvalue weighted by Gasteiger charge is -2.26. The minimum absolute atomic E-state index is 1.02. The van der Waals surface area contributed by atoms with Crippen LogP contribution in [0.1, 0.15) is 6.92 Å². The highest BCUT2D eigenvalue weighted by molar-refractivity contribution is 5.61. The largest absolute Gasteiger partial charge is 0.315 e. The van der Waals surface area contributed by atoms with Gasteiger partial charge in [-0.3, -0.25) is 0 Å². The Labute approximate surface area is 134 Å². The Hall–Kier alpha value is -2.80. The van der Waals surface area contributed by atoms with Crippen LogP contribution in [0.15, 0.2) is 116 Å². The van der Waals surface area contributed by atoms with Gasteiger partial charge in [0.05, 0.1) is 0 Å². The van der Waals surface area contributed by atoms with Crippen LogP contribution in [0, 0.1) is 0 Å². The number of anilines is 1. The van der Waals surface area contributed by atoms with Crippen LogP contribution in [0.2, 0.25) is 0 Å². The molecule has 0 aliphatic heterocycles. The van der Waals surface area contributed by atoms with Gasteiger partial charge < -0.3 is 4.90 Å². The quantitative estimate of drug-likeness (QED) is 0.534. The number of nitrogens with zero attached hydrogens (tertiary/aromatic N) is 1. The molecule has 1 aromatic rings. The Bertz CT molecular complexity index is 613. The van der Waals surface area contributed by atoms with E-state index in [1.165, 1.54) is 0 Å². The predicted octanol–water partition coefficient (Wildman–Crippen LogP) is 5.95. The number of rotatable bonds is 8. The van der Waals surface area contributed by atoms with E-state index < -0.39 is 0 Å². The molecule has 0 saturated heterocycles. The number of allylic oxidation sites excluding steroid dienone is 10. The Morgan fingerprint density at radius 2 is 1.55 bits per heavy atom. The third kappa shape index (κ3) is 5.29. The van der Waals surface area contributed by atoms with Crippen molar-refractivity contribution in [2.75, 3.05) is 4.90 Å². The Morgan fingerprint density at radius 3 is 2.14 bits per heavy atom. The molecule has 0 amide bonds. The summed E-state index contributed by atoms with van der Waals surface area (Å²) in [6.07, 6.45) is 17.1. The van der Waals surface area contributed by atoms with Crippen molar-refractivity contribution in [2.24, 2.45) is 0 Å². The number of hydrogen-bond donors (Lipinski definition) is 0. The normalized spacial score (nSPS) is 12.6. The molecule has 22 heavy (non-hydrogen) atoms. The van der Waals surface area contributed by atoms with Gasteiger partial charge in [-0.15, -0.1) is 0 Å². The molecule has 1 nitrogen and oxygen atoms in total. The van der Waals surface area contributed by atoms with Crippen LogP contribution in [-0.2, 0) is 0 Å². The second-order valence-corrected chi connectivity index (χ2v) is 4.52. The molecule has 0 aliphatic carbocycles. The van der Waals surface area contributed by atoms with Crippen LogP contribution in [0.25, 0.3) is 0 Å². The summed E-state index contributed by atoms with van der Waals surface area (Å²) in [5, 5.41) is 0. The van der Waals surface area contributed by atoms with Gasteiger partial charge in [0.1, 0.15) is 0 Å². The standard InChI is InChI=1S/C21H23N/c1-5-8-11-15-19(4)22(21-17-12-10-13-18-21)20(14-7-3)16-9-6-2/h5-18H,1-3H2,4H3/b11-8-,16-9-,19-15+,20-14+. The summed E-state index contributed by atoms with van der Waals surface area (Å²) in [7, 11) is 0. The molecular formula is C21H23N. The minimum Gasteiger partial charge on any atom is -0.315 e. The molecule has 0 atom stereocenters. The predicted molar refractivity (Wildman–Crippen MR) is 99.6 cm³/mol. The van der Waals surface area contributed by atoms with E-state index in [2.05, 4.69) is 43.7 Å². The first-order valence-corrected chi connectivity index (χ1v) is 7.17. The van der Waals surface area contributed by atoms with Crippen molar-refractivity contribution in [1.29, 1.82) is 0 Å². The molecule has 1 rings (SSSR count). The molecule has 0 heterocycles. The fourth-order valence-corrected chi connectivity index (χ4v) is 1.97. The van der Waals surface area contributed by atoms with Crippen molar-refractivity contribution in [1.82, 2.24) is 0 Å². The summed E-state index contributed by atoms with van der Waals surface area (Å²) in [5.74, 6) is 0. The van der Waals surface area contributed by atoms with E-state index in [0.717, 1.165) is 17.1 Å². The van der Waals surface area contributed by atoms with Gasteiger partial charge in [-0.05, 0) is 37.3 Å². The smallest absolute Gasteiger partial charge is 0.0458 e. The third-order valence-corrected chi connectivity index (χ3v) is 2.90. The second-order valence-electron chi connectivity index (χ2n) is 4.52. The van der Waals surface area contributed by atoms with Crippen molar-refractivity contribution >= 4 is 5.69 Å². The summed E-state index contributed by atoms with van der Waals surface area (Å²) in [5.41, 5.74) is 3.19. The monoisotopic (exact) mass is 289 g/mol. The number of para-hydroxylation sites is 1. The molecule has 0 radical (unpaired) electrons. The molecule has 0 aliphatic rings. The van der Waals surface area contributed by atoms with Gasteiger partial charge in [0.15, 0.2) is 0 Å². The van der Waals surface area contributed by atoms with Crippen molar-refractivity contribution < 1.29 is 0 Å². The molecule has 0 aromatic heterocycles. The summed E-state index contributed by atoms with van der Waals surface area (Å²) in [4.78, 5) is 2.16. The molecule has 0 N–H and O–H groups in total. The first kappa shape index (κ1) is 17.3. The first-order valence-electron chi connectivity index (χ1n) is 7.17. The molecule has 0 spiro atoms. The van der Waals surface area contributed by atoms with E-state index in [1.807, 2.05) is 54.7 Å². The summed E-state index contributed by atoms with van der Waals surface area (Å²) < 4.78 is 0. The molecule has 112 valence electrons. The van der Waals surface area contributed by atoms with Crippen LogP contribution in [0.5, 0.6) is 0 Å². The minimum atomic E-state index is 1.02. The molecule has 0 bridgehead atoms. The van der Waals surface area contributed by atoms with Gasteiger partial charge in [0.2, 0.25) is 0 Å². The van der Waals surface area contributed by atoms with Crippen LogP contribution in [0.3, 0.4) is 0 Å². The zero-order valence-electron chi connectivity index (χ0n) is 13.2. The fourth-order valence-electron chi connectivity index (χ4n) is 1.97. The van der Waals surface area contributed by atoms with E-state index in [1.54, 1.807) is 18.2 Å². The maximum Gasteiger partial charge on any atom is 0.0458 e. The van der Waals surface area contributed by atoms with Gasteiger partial charge in [0, 0.05) is 17.1 Å². The highest BCUT2D eigenvalue weighted by Crippen LogP contribution is 2.25. The Balaban J connectivity index is 3.35. The molecule has 1 heteroatoms. The zero-order valence-corrected chi connectivity index (χ0v) is 13.2. The summed E-state index contributed by atoms with van der Waals surface area (Å²) in [6.45, 7) is 13.3. The zero-order chi connectivity index (χ0) is 16.2. The van der Waals surface area contributed by atoms with Crippen LogP contribution < -0.4 is 4.90 Å². The highest BCUT2D eigenvalue weighted by Gasteiger charge is 2.10. The van der Waals surface area contributed by atoms with E-state index in [-0.39, 0.29) is 0 Å². The van der Waals surface area contributed by atoms with E-state index in [0.29, 0.717) is 0 Å². The molecule has 1 aromatic carbocycles. The average Bonchev–Trinajstić information content (AvgIpc) is 2.54. The van der Waals surface area contributed by atoms with Crippen molar-refractivity contribution in [3.8, 4) is 0 Å². The molecular weight excluding hydrogens is 266 g/mol. The average molecular weight is 289 g/mol. The van der Waals surface area contributed by atoms with Gasteiger partial charge >= 0.3 is 0 Å². The molecule has 0 fully saturated rings. The van der Waals surface area contributed by atoms with Crippen molar-refractivity contribution in [3.63, 3.8) is 0 Å². The van der Waals surface area contributed by atoms with E-state index in [4.69, 9.17) is 0 Å². The number of benzene rings is 1. The Kier molecular flexibility index (Phi) is 7.84. The van der Waals surface area contributed by atoms with Gasteiger partial charge in [-0.1, -0.05) is 74.4 Å². The van der Waals surface area contributed by atoms with Crippen LogP contribution >= 0.6 is 0 Å². The Morgan fingerprint density at radius 1 is 0.864 bits per heavy atom. The lowest BCUT2D eigenvalue weighted by Crippen LogP contribution is -2.19. The second kappa shape index (κ2) is 10.0. The van der Waals surface area contributed by atoms with Crippen LogP contribution in [-0.4, -0.2) is 0 Å². The topological polar surface area (TPSA) is 3.24 Å².